The van der Waals surface area contributed by atoms with Crippen LogP contribution in [0.2, 0.25) is 12.6 Å². The van der Waals surface area contributed by atoms with Gasteiger partial charge in [-0.3, -0.25) is 0 Å². The Kier molecular flexibility index (Phi) is 4.74. The summed E-state index contributed by atoms with van der Waals surface area (Å²) in [6.07, 6.45) is 8.55. The molecule has 70 valence electrons. The monoisotopic (exact) mass is 167 g/mol. The quantitative estimate of drug-likeness (QED) is 0.582. The van der Waals surface area contributed by atoms with Gasteiger partial charge in [-0.25, -0.2) is 0 Å². The molecular formula is C10H22BN. The minimum absolute atomic E-state index is 0.920. The van der Waals surface area contributed by atoms with Crippen molar-refractivity contribution in [3.63, 3.8) is 0 Å². The summed E-state index contributed by atoms with van der Waals surface area (Å²) >= 11 is 0. The molecule has 0 atom stereocenters. The first-order chi connectivity index (χ1) is 5.88. The van der Waals surface area contributed by atoms with Crippen LogP contribution in [-0.2, 0) is 0 Å². The maximum atomic E-state index is 2.67. The SMILES string of the molecule is CCCCB1CCCCN1CC. The second kappa shape index (κ2) is 5.63. The molecule has 1 rings (SSSR count). The van der Waals surface area contributed by atoms with Crippen LogP contribution in [0, 0.1) is 0 Å². The molecule has 1 fully saturated rings. The van der Waals surface area contributed by atoms with E-state index >= 15 is 0 Å². The Hall–Kier alpha value is 0.0249. The van der Waals surface area contributed by atoms with Gasteiger partial charge in [-0.1, -0.05) is 45.8 Å². The first-order valence-corrected chi connectivity index (χ1v) is 5.62. The standard InChI is InChI=1S/C10H22BN/c1-3-5-8-11-9-6-7-10-12(11)4-2/h3-10H2,1-2H3. The number of hydrogen-bond acceptors (Lipinski definition) is 1. The fraction of sp³-hybridized carbons (Fsp3) is 1.00. The van der Waals surface area contributed by atoms with Crippen LogP contribution in [0.5, 0.6) is 0 Å². The predicted molar refractivity (Wildman–Crippen MR) is 56.8 cm³/mol. The van der Waals surface area contributed by atoms with Crippen molar-refractivity contribution in [2.24, 2.45) is 0 Å². The van der Waals surface area contributed by atoms with Gasteiger partial charge in [0.1, 0.15) is 0 Å². The van der Waals surface area contributed by atoms with E-state index in [1.54, 1.807) is 0 Å². The zero-order valence-corrected chi connectivity index (χ0v) is 8.68. The van der Waals surface area contributed by atoms with Crippen molar-refractivity contribution >= 4 is 6.85 Å². The zero-order chi connectivity index (χ0) is 8.81. The van der Waals surface area contributed by atoms with Crippen LogP contribution in [0.3, 0.4) is 0 Å². The molecule has 2 heteroatoms. The average Bonchev–Trinajstić information content (AvgIpc) is 2.15. The molecule has 1 heterocycles. The number of hydrogen-bond donors (Lipinski definition) is 0. The third-order valence-corrected chi connectivity index (χ3v) is 3.05. The highest BCUT2D eigenvalue weighted by atomic mass is 15.1. The largest absolute Gasteiger partial charge is 0.342 e. The number of rotatable bonds is 4. The van der Waals surface area contributed by atoms with Crippen molar-refractivity contribution in [1.29, 1.82) is 0 Å². The van der Waals surface area contributed by atoms with E-state index in [4.69, 9.17) is 0 Å². The van der Waals surface area contributed by atoms with E-state index in [9.17, 15) is 0 Å². The van der Waals surface area contributed by atoms with Crippen molar-refractivity contribution in [3.8, 4) is 0 Å². The van der Waals surface area contributed by atoms with Gasteiger partial charge < -0.3 is 4.81 Å². The summed E-state index contributed by atoms with van der Waals surface area (Å²) in [5.74, 6) is 0. The van der Waals surface area contributed by atoms with Gasteiger partial charge in [-0.2, -0.15) is 0 Å². The lowest BCUT2D eigenvalue weighted by molar-refractivity contribution is 0.409. The van der Waals surface area contributed by atoms with E-state index in [0.717, 1.165) is 6.85 Å². The third-order valence-electron chi connectivity index (χ3n) is 3.05. The highest BCUT2D eigenvalue weighted by Gasteiger charge is 2.23. The molecular weight excluding hydrogens is 145 g/mol. The average molecular weight is 167 g/mol. The van der Waals surface area contributed by atoms with Gasteiger partial charge in [-0.05, 0) is 19.5 Å². The van der Waals surface area contributed by atoms with Crippen molar-refractivity contribution in [3.05, 3.63) is 0 Å². The summed E-state index contributed by atoms with van der Waals surface area (Å²) in [5, 5.41) is 0. The lowest BCUT2D eigenvalue weighted by atomic mass is 9.51. The minimum atomic E-state index is 0.920. The third kappa shape index (κ3) is 2.82. The van der Waals surface area contributed by atoms with Crippen molar-refractivity contribution in [2.75, 3.05) is 13.1 Å². The first kappa shape index (κ1) is 10.1. The smallest absolute Gasteiger partial charge is 0.223 e. The van der Waals surface area contributed by atoms with E-state index < -0.39 is 0 Å². The van der Waals surface area contributed by atoms with E-state index in [-0.39, 0.29) is 0 Å². The van der Waals surface area contributed by atoms with Gasteiger partial charge in [0.05, 0.1) is 0 Å². The molecule has 0 unspecified atom stereocenters. The van der Waals surface area contributed by atoms with E-state index in [2.05, 4.69) is 18.7 Å². The molecule has 0 N–H and O–H groups in total. The lowest BCUT2D eigenvalue weighted by Gasteiger charge is -2.32. The Morgan fingerprint density at radius 2 is 2.08 bits per heavy atom. The van der Waals surface area contributed by atoms with Gasteiger partial charge in [-0.15, -0.1) is 0 Å². The minimum Gasteiger partial charge on any atom is -0.342 e. The second-order valence-corrected chi connectivity index (χ2v) is 3.92. The van der Waals surface area contributed by atoms with Gasteiger partial charge in [0.2, 0.25) is 6.85 Å². The van der Waals surface area contributed by atoms with Crippen LogP contribution in [0.4, 0.5) is 0 Å². The summed E-state index contributed by atoms with van der Waals surface area (Å²) in [6.45, 7) is 8.12. The van der Waals surface area contributed by atoms with Crippen LogP contribution in [0.25, 0.3) is 0 Å². The molecule has 0 aromatic carbocycles. The normalized spacial score (nSPS) is 20.0. The van der Waals surface area contributed by atoms with Gasteiger partial charge >= 0.3 is 0 Å². The molecule has 1 aliphatic heterocycles. The Bertz CT molecular complexity index is 116. The Balaban J connectivity index is 2.26. The Morgan fingerprint density at radius 3 is 2.75 bits per heavy atom. The second-order valence-electron chi connectivity index (χ2n) is 3.92. The Labute approximate surface area is 77.6 Å². The lowest BCUT2D eigenvalue weighted by Crippen LogP contribution is -2.42. The molecule has 0 bridgehead atoms. The molecule has 1 saturated heterocycles. The molecule has 12 heavy (non-hydrogen) atoms. The van der Waals surface area contributed by atoms with E-state index in [1.807, 2.05) is 0 Å². The predicted octanol–water partition coefficient (Wildman–Crippen LogP) is 2.89. The fourth-order valence-corrected chi connectivity index (χ4v) is 2.24. The molecule has 0 saturated carbocycles. The topological polar surface area (TPSA) is 3.24 Å². The van der Waals surface area contributed by atoms with Crippen LogP contribution in [0.1, 0.15) is 39.5 Å². The first-order valence-electron chi connectivity index (χ1n) is 5.62. The number of nitrogens with zero attached hydrogens (tertiary/aromatic N) is 1. The maximum Gasteiger partial charge on any atom is 0.223 e. The summed E-state index contributed by atoms with van der Waals surface area (Å²) in [7, 11) is 0. The molecule has 1 aliphatic rings. The van der Waals surface area contributed by atoms with Gasteiger partial charge in [0, 0.05) is 0 Å². The van der Waals surface area contributed by atoms with E-state index in [0.29, 0.717) is 0 Å². The molecule has 0 aliphatic carbocycles. The molecule has 1 nitrogen and oxygen atoms in total. The fourth-order valence-electron chi connectivity index (χ4n) is 2.24. The molecule has 0 amide bonds. The number of unbranched alkanes of at least 4 members (excludes halogenated alkanes) is 1. The molecule has 0 radical (unpaired) electrons. The summed E-state index contributed by atoms with van der Waals surface area (Å²) < 4.78 is 0. The van der Waals surface area contributed by atoms with Crippen LogP contribution >= 0.6 is 0 Å². The molecule has 0 aromatic heterocycles. The summed E-state index contributed by atoms with van der Waals surface area (Å²) in [4.78, 5) is 2.67. The van der Waals surface area contributed by atoms with Crippen molar-refractivity contribution in [2.45, 2.75) is 52.2 Å². The van der Waals surface area contributed by atoms with Crippen molar-refractivity contribution in [1.82, 2.24) is 4.81 Å². The maximum absolute atomic E-state index is 2.67. The highest BCUT2D eigenvalue weighted by molar-refractivity contribution is 6.55. The molecule has 0 aromatic rings. The highest BCUT2D eigenvalue weighted by Crippen LogP contribution is 2.19. The molecule has 0 spiro atoms. The van der Waals surface area contributed by atoms with Crippen LogP contribution in [0.15, 0.2) is 0 Å². The van der Waals surface area contributed by atoms with Crippen LogP contribution in [-0.4, -0.2) is 24.7 Å². The Morgan fingerprint density at radius 1 is 1.25 bits per heavy atom. The van der Waals surface area contributed by atoms with Crippen LogP contribution < -0.4 is 0 Å². The van der Waals surface area contributed by atoms with Crippen molar-refractivity contribution < 1.29 is 0 Å². The summed E-state index contributed by atoms with van der Waals surface area (Å²) in [6, 6.07) is 0. The van der Waals surface area contributed by atoms with Gasteiger partial charge in [0.25, 0.3) is 0 Å². The zero-order valence-electron chi connectivity index (χ0n) is 8.68. The van der Waals surface area contributed by atoms with Gasteiger partial charge in [0.15, 0.2) is 0 Å². The van der Waals surface area contributed by atoms with E-state index in [1.165, 1.54) is 51.4 Å². The summed E-state index contributed by atoms with van der Waals surface area (Å²) in [5.41, 5.74) is 0.